The fraction of sp³-hybridized carbons (Fsp3) is 0.467. The summed E-state index contributed by atoms with van der Waals surface area (Å²) in [6.07, 6.45) is 1.73. The molecular formula is C15H19NO3. The summed E-state index contributed by atoms with van der Waals surface area (Å²) in [6.45, 7) is 2.92. The number of benzene rings is 1. The molecule has 1 aliphatic rings. The average molecular weight is 261 g/mol. The third-order valence-electron chi connectivity index (χ3n) is 3.42. The Kier molecular flexibility index (Phi) is 4.20. The normalized spacial score (nSPS) is 15.5. The van der Waals surface area contributed by atoms with Gasteiger partial charge in [-0.2, -0.15) is 0 Å². The van der Waals surface area contributed by atoms with Gasteiger partial charge in [-0.25, -0.2) is 0 Å². The second kappa shape index (κ2) is 5.87. The number of carbonyl (C=O) groups excluding carboxylic acids is 2. The number of aryl methyl sites for hydroxylation is 1. The largest absolute Gasteiger partial charge is 0.496 e. The molecule has 102 valence electrons. The molecular weight excluding hydrogens is 242 g/mol. The molecule has 1 aromatic rings. The topological polar surface area (TPSA) is 46.6 Å². The molecule has 1 amide bonds. The van der Waals surface area contributed by atoms with Gasteiger partial charge in [0.1, 0.15) is 5.75 Å². The van der Waals surface area contributed by atoms with Gasteiger partial charge in [0.2, 0.25) is 5.91 Å². The number of methoxy groups -OCH3 is 1. The zero-order chi connectivity index (χ0) is 13.8. The molecule has 1 heterocycles. The third kappa shape index (κ3) is 3.34. The van der Waals surface area contributed by atoms with Crippen molar-refractivity contribution in [1.29, 1.82) is 0 Å². The highest BCUT2D eigenvalue weighted by atomic mass is 16.5. The van der Waals surface area contributed by atoms with Crippen LogP contribution in [0.2, 0.25) is 0 Å². The lowest BCUT2D eigenvalue weighted by atomic mass is 10.1. The first-order valence-corrected chi connectivity index (χ1v) is 6.53. The van der Waals surface area contributed by atoms with Crippen molar-refractivity contribution in [2.45, 2.75) is 26.2 Å². The van der Waals surface area contributed by atoms with Crippen molar-refractivity contribution >= 4 is 11.7 Å². The molecule has 1 aromatic carbocycles. The van der Waals surface area contributed by atoms with Gasteiger partial charge in [0.05, 0.1) is 20.1 Å². The predicted octanol–water partition coefficient (Wildman–Crippen LogP) is 1.74. The molecule has 1 saturated heterocycles. The fourth-order valence-electron chi connectivity index (χ4n) is 2.39. The first-order chi connectivity index (χ1) is 9.10. The van der Waals surface area contributed by atoms with E-state index in [0.717, 1.165) is 23.3 Å². The fourth-order valence-corrected chi connectivity index (χ4v) is 2.39. The number of ether oxygens (including phenoxy) is 1. The van der Waals surface area contributed by atoms with Crippen molar-refractivity contribution in [2.24, 2.45) is 0 Å². The van der Waals surface area contributed by atoms with E-state index in [1.165, 1.54) is 0 Å². The van der Waals surface area contributed by atoms with Crippen LogP contribution in [0.3, 0.4) is 0 Å². The van der Waals surface area contributed by atoms with Crippen molar-refractivity contribution < 1.29 is 14.3 Å². The lowest BCUT2D eigenvalue weighted by molar-refractivity contribution is -0.137. The van der Waals surface area contributed by atoms with E-state index >= 15 is 0 Å². The second-order valence-electron chi connectivity index (χ2n) is 4.94. The minimum atomic E-state index is 0.0256. The predicted molar refractivity (Wildman–Crippen MR) is 72.3 cm³/mol. The quantitative estimate of drug-likeness (QED) is 0.832. The number of ketones is 1. The first kappa shape index (κ1) is 13.6. The Labute approximate surface area is 113 Å². The number of rotatable bonds is 3. The van der Waals surface area contributed by atoms with E-state index in [1.54, 1.807) is 12.0 Å². The van der Waals surface area contributed by atoms with Crippen LogP contribution in [0.4, 0.5) is 0 Å². The van der Waals surface area contributed by atoms with E-state index in [0.29, 0.717) is 19.4 Å². The average Bonchev–Trinajstić information content (AvgIpc) is 2.39. The van der Waals surface area contributed by atoms with Crippen LogP contribution in [0.15, 0.2) is 18.2 Å². The maximum absolute atomic E-state index is 12.1. The van der Waals surface area contributed by atoms with E-state index in [1.807, 2.05) is 25.1 Å². The Morgan fingerprint density at radius 2 is 2.21 bits per heavy atom. The summed E-state index contributed by atoms with van der Waals surface area (Å²) >= 11 is 0. The van der Waals surface area contributed by atoms with Gasteiger partial charge in [0.25, 0.3) is 0 Å². The van der Waals surface area contributed by atoms with Crippen molar-refractivity contribution in [2.75, 3.05) is 20.2 Å². The van der Waals surface area contributed by atoms with E-state index in [-0.39, 0.29) is 18.2 Å². The summed E-state index contributed by atoms with van der Waals surface area (Å²) in [4.78, 5) is 25.1. The molecule has 4 nitrogen and oxygen atoms in total. The number of carbonyl (C=O) groups is 2. The van der Waals surface area contributed by atoms with Gasteiger partial charge in [-0.05, 0) is 30.5 Å². The standard InChI is InChI=1S/C15H19NO3/c1-11-8-12(5-6-14(11)19-2)9-15(18)16-7-3-4-13(17)10-16/h5-6,8H,3-4,7,9-10H2,1-2H3. The van der Waals surface area contributed by atoms with Crippen LogP contribution in [-0.2, 0) is 16.0 Å². The minimum absolute atomic E-state index is 0.0256. The zero-order valence-corrected chi connectivity index (χ0v) is 11.4. The van der Waals surface area contributed by atoms with Crippen molar-refractivity contribution in [1.82, 2.24) is 4.90 Å². The molecule has 0 radical (unpaired) electrons. The molecule has 0 aliphatic carbocycles. The molecule has 0 unspecified atom stereocenters. The van der Waals surface area contributed by atoms with Crippen LogP contribution in [0.5, 0.6) is 5.75 Å². The van der Waals surface area contributed by atoms with Gasteiger partial charge in [0.15, 0.2) is 5.78 Å². The Bertz CT molecular complexity index is 496. The Hall–Kier alpha value is -1.84. The van der Waals surface area contributed by atoms with E-state index < -0.39 is 0 Å². The molecule has 0 atom stereocenters. The molecule has 0 bridgehead atoms. The van der Waals surface area contributed by atoms with Crippen molar-refractivity contribution in [3.63, 3.8) is 0 Å². The Morgan fingerprint density at radius 3 is 2.84 bits per heavy atom. The highest BCUT2D eigenvalue weighted by Crippen LogP contribution is 2.19. The highest BCUT2D eigenvalue weighted by Gasteiger charge is 2.21. The summed E-state index contributed by atoms with van der Waals surface area (Å²) in [5, 5.41) is 0. The molecule has 2 rings (SSSR count). The molecule has 19 heavy (non-hydrogen) atoms. The minimum Gasteiger partial charge on any atom is -0.496 e. The third-order valence-corrected chi connectivity index (χ3v) is 3.42. The molecule has 0 spiro atoms. The molecule has 0 N–H and O–H groups in total. The molecule has 1 fully saturated rings. The zero-order valence-electron chi connectivity index (χ0n) is 11.4. The Morgan fingerprint density at radius 1 is 1.42 bits per heavy atom. The van der Waals surface area contributed by atoms with Crippen LogP contribution >= 0.6 is 0 Å². The van der Waals surface area contributed by atoms with Crippen LogP contribution in [0, 0.1) is 6.92 Å². The monoisotopic (exact) mass is 261 g/mol. The van der Waals surface area contributed by atoms with Gasteiger partial charge in [-0.15, -0.1) is 0 Å². The van der Waals surface area contributed by atoms with Crippen LogP contribution in [-0.4, -0.2) is 36.8 Å². The van der Waals surface area contributed by atoms with Gasteiger partial charge in [-0.1, -0.05) is 12.1 Å². The summed E-state index contributed by atoms with van der Waals surface area (Å²) in [6, 6.07) is 5.73. The van der Waals surface area contributed by atoms with Gasteiger partial charge in [0, 0.05) is 13.0 Å². The summed E-state index contributed by atoms with van der Waals surface area (Å²) in [7, 11) is 1.63. The maximum Gasteiger partial charge on any atom is 0.227 e. The summed E-state index contributed by atoms with van der Waals surface area (Å²) in [5.41, 5.74) is 1.98. The molecule has 1 aliphatic heterocycles. The van der Waals surface area contributed by atoms with Crippen molar-refractivity contribution in [3.05, 3.63) is 29.3 Å². The maximum atomic E-state index is 12.1. The number of nitrogens with zero attached hydrogens (tertiary/aromatic N) is 1. The smallest absolute Gasteiger partial charge is 0.227 e. The van der Waals surface area contributed by atoms with Gasteiger partial charge < -0.3 is 9.64 Å². The number of amides is 1. The van der Waals surface area contributed by atoms with Gasteiger partial charge in [-0.3, -0.25) is 9.59 Å². The second-order valence-corrected chi connectivity index (χ2v) is 4.94. The number of piperidine rings is 1. The number of hydrogen-bond acceptors (Lipinski definition) is 3. The van der Waals surface area contributed by atoms with Gasteiger partial charge >= 0.3 is 0 Å². The van der Waals surface area contributed by atoms with Crippen molar-refractivity contribution in [3.8, 4) is 5.75 Å². The van der Waals surface area contributed by atoms with Crippen LogP contribution in [0.1, 0.15) is 24.0 Å². The summed E-state index contributed by atoms with van der Waals surface area (Å²) < 4.78 is 5.20. The number of Topliss-reactive ketones (excluding diaryl/α,β-unsaturated/α-hetero) is 1. The Balaban J connectivity index is 2.02. The van der Waals surface area contributed by atoms with E-state index in [2.05, 4.69) is 0 Å². The van der Waals surface area contributed by atoms with E-state index in [9.17, 15) is 9.59 Å². The van der Waals surface area contributed by atoms with Crippen LogP contribution in [0.25, 0.3) is 0 Å². The SMILES string of the molecule is COc1ccc(CC(=O)N2CCCC(=O)C2)cc1C. The lowest BCUT2D eigenvalue weighted by Crippen LogP contribution is -2.40. The van der Waals surface area contributed by atoms with Crippen LogP contribution < -0.4 is 4.74 Å². The number of hydrogen-bond donors (Lipinski definition) is 0. The number of likely N-dealkylation sites (tertiary alicyclic amines) is 1. The first-order valence-electron chi connectivity index (χ1n) is 6.53. The highest BCUT2D eigenvalue weighted by molar-refractivity contribution is 5.88. The molecule has 0 saturated carbocycles. The lowest BCUT2D eigenvalue weighted by Gasteiger charge is -2.25. The summed E-state index contributed by atoms with van der Waals surface area (Å²) in [5.74, 6) is 1.01. The molecule has 4 heteroatoms. The molecule has 0 aromatic heterocycles. The van der Waals surface area contributed by atoms with E-state index in [4.69, 9.17) is 4.74 Å².